The fourth-order valence-corrected chi connectivity index (χ4v) is 5.91. The second kappa shape index (κ2) is 10.2. The summed E-state index contributed by atoms with van der Waals surface area (Å²) in [5.74, 6) is 0. The summed E-state index contributed by atoms with van der Waals surface area (Å²) in [6.07, 6.45) is -3.46. The molecule has 2 heterocycles. The molecule has 0 atom stereocenters. The van der Waals surface area contributed by atoms with E-state index in [2.05, 4.69) is 20.0 Å². The molecule has 6 nitrogen and oxygen atoms in total. The van der Waals surface area contributed by atoms with Gasteiger partial charge in [0.25, 0.3) is 0 Å². The maximum absolute atomic E-state index is 13.3. The molecule has 2 aromatic heterocycles. The van der Waals surface area contributed by atoms with Gasteiger partial charge in [0.05, 0.1) is 10.7 Å². The first-order valence-corrected chi connectivity index (χ1v) is 13.5. The Morgan fingerprint density at radius 1 is 0.457 bits per heavy atom. The number of fused-ring (bicyclic) bond motifs is 6. The second-order valence-corrected chi connectivity index (χ2v) is 10.4. The van der Waals surface area contributed by atoms with Crippen LogP contribution in [0.25, 0.3) is 65.3 Å². The summed E-state index contributed by atoms with van der Waals surface area (Å²) in [5, 5.41) is 24.7. The Kier molecular flexibility index (Phi) is 6.35. The quantitative estimate of drug-likeness (QED) is 0.144. The maximum atomic E-state index is 13.3. The number of aromatic nitrogens is 2. The Bertz CT molecular complexity index is 2410. The van der Waals surface area contributed by atoms with Gasteiger partial charge in [-0.15, -0.1) is 0 Å². The van der Waals surface area contributed by atoms with Gasteiger partial charge in [0.1, 0.15) is 11.4 Å². The predicted octanol–water partition coefficient (Wildman–Crippen LogP) is 8.10. The van der Waals surface area contributed by atoms with Gasteiger partial charge >= 0.3 is 12.4 Å². The van der Waals surface area contributed by atoms with Crippen LogP contribution in [0.4, 0.5) is 26.3 Å². The highest BCUT2D eigenvalue weighted by Gasteiger charge is 2.33. The first-order chi connectivity index (χ1) is 22.0. The number of nitrogens with zero attached hydrogens (tertiary/aromatic N) is 6. The van der Waals surface area contributed by atoms with Gasteiger partial charge in [-0.05, 0) is 92.3 Å². The van der Waals surface area contributed by atoms with Crippen LogP contribution in [0.5, 0.6) is 0 Å². The summed E-state index contributed by atoms with van der Waals surface area (Å²) in [7, 11) is 0. The highest BCUT2D eigenvalue weighted by atomic mass is 19.4. The lowest BCUT2D eigenvalue weighted by molar-refractivity contribution is -0.141. The monoisotopic (exact) mass is 620 g/mol. The molecule has 0 saturated carbocycles. The van der Waals surface area contributed by atoms with E-state index in [0.717, 1.165) is 24.5 Å². The molecule has 0 spiro atoms. The average Bonchev–Trinajstić information content (AvgIpc) is 3.50. The number of pyridine rings is 2. The second-order valence-electron chi connectivity index (χ2n) is 10.4. The molecule has 12 heteroatoms. The van der Waals surface area contributed by atoms with Crippen molar-refractivity contribution in [3.63, 3.8) is 0 Å². The van der Waals surface area contributed by atoms with Crippen molar-refractivity contribution in [2.24, 2.45) is 9.98 Å². The molecular weight excluding hydrogens is 606 g/mol. The Labute approximate surface area is 254 Å². The molecular formula is C34H14F6N6. The molecule has 0 aliphatic rings. The lowest BCUT2D eigenvalue weighted by Gasteiger charge is -2.08. The third-order valence-corrected chi connectivity index (χ3v) is 7.89. The molecule has 46 heavy (non-hydrogen) atoms. The first kappa shape index (κ1) is 28.6. The summed E-state index contributed by atoms with van der Waals surface area (Å²) in [6.45, 7) is 0. The average molecular weight is 621 g/mol. The fraction of sp³-hybridized carbons (Fsp3) is 0.0588. The lowest BCUT2D eigenvalue weighted by atomic mass is 10.0. The molecule has 0 fully saturated rings. The van der Waals surface area contributed by atoms with Crippen LogP contribution in [0.15, 0.2) is 95.2 Å². The number of hydrogen-bond donors (Lipinski definition) is 0. The summed E-state index contributed by atoms with van der Waals surface area (Å²) in [5.41, 5.74) is -0.577. The molecule has 5 aromatic carbocycles. The van der Waals surface area contributed by atoms with E-state index < -0.39 is 23.7 Å². The Hall–Kier alpha value is -6.14. The molecule has 0 unspecified atom stereocenters. The third kappa shape index (κ3) is 4.59. The molecule has 7 aromatic rings. The SMILES string of the molecule is N#CN=c1c2cc(-c3ccnc(C(F)(F)F)c3)ccc2c2cc3c(=NC#N)c4cc(-c5ccnc(C(F)(F)F)c5)ccc4c3cc12. The number of halogens is 6. The lowest BCUT2D eigenvalue weighted by Crippen LogP contribution is -2.07. The molecule has 0 bridgehead atoms. The molecule has 222 valence electrons. The topological polar surface area (TPSA) is 98.1 Å². The first-order valence-electron chi connectivity index (χ1n) is 13.5. The van der Waals surface area contributed by atoms with Gasteiger partial charge in [-0.3, -0.25) is 9.97 Å². The number of benzene rings is 3. The summed E-state index contributed by atoms with van der Waals surface area (Å²) in [4.78, 5) is 15.0. The zero-order valence-electron chi connectivity index (χ0n) is 23.0. The van der Waals surface area contributed by atoms with E-state index in [9.17, 15) is 36.9 Å². The minimum atomic E-state index is -4.62. The van der Waals surface area contributed by atoms with Crippen molar-refractivity contribution in [1.29, 1.82) is 10.5 Å². The fourth-order valence-electron chi connectivity index (χ4n) is 5.91. The minimum Gasteiger partial charge on any atom is -0.252 e. The van der Waals surface area contributed by atoms with E-state index in [4.69, 9.17) is 0 Å². The van der Waals surface area contributed by atoms with Crippen molar-refractivity contribution in [3.8, 4) is 34.6 Å². The smallest absolute Gasteiger partial charge is 0.252 e. The van der Waals surface area contributed by atoms with E-state index in [0.29, 0.717) is 64.9 Å². The van der Waals surface area contributed by atoms with Crippen LogP contribution in [0.3, 0.4) is 0 Å². The molecule has 0 N–H and O–H groups in total. The van der Waals surface area contributed by atoms with E-state index in [1.807, 2.05) is 12.4 Å². The van der Waals surface area contributed by atoms with Crippen molar-refractivity contribution in [2.45, 2.75) is 12.4 Å². The Morgan fingerprint density at radius 3 is 1.20 bits per heavy atom. The predicted molar refractivity (Wildman–Crippen MR) is 158 cm³/mol. The van der Waals surface area contributed by atoms with E-state index >= 15 is 0 Å². The van der Waals surface area contributed by atoms with Gasteiger partial charge < -0.3 is 0 Å². The number of alkyl halides is 6. The van der Waals surface area contributed by atoms with Crippen molar-refractivity contribution in [3.05, 3.63) is 107 Å². The van der Waals surface area contributed by atoms with Crippen molar-refractivity contribution in [1.82, 2.24) is 9.97 Å². The number of nitriles is 2. The van der Waals surface area contributed by atoms with Crippen LogP contribution < -0.4 is 10.7 Å². The number of rotatable bonds is 2. The van der Waals surface area contributed by atoms with Crippen molar-refractivity contribution in [2.75, 3.05) is 0 Å². The molecule has 0 amide bonds. The number of hydrogen-bond acceptors (Lipinski definition) is 6. The highest BCUT2D eigenvalue weighted by Crippen LogP contribution is 2.37. The molecule has 7 rings (SSSR count). The molecule has 0 radical (unpaired) electrons. The molecule has 0 aliphatic heterocycles. The zero-order valence-corrected chi connectivity index (χ0v) is 23.0. The van der Waals surface area contributed by atoms with Crippen LogP contribution in [-0.4, -0.2) is 9.97 Å². The Morgan fingerprint density at radius 2 is 0.826 bits per heavy atom. The summed E-state index contributed by atoms with van der Waals surface area (Å²) in [6, 6.07) is 18.5. The standard InChI is InChI=1S/C34H14F6N6/c35-33(36,37)29-11-19(5-7-43-29)17-1-3-21-23-13-28-24(14-27(23)31(45-15-41)25(21)9-17)22-4-2-18(10-26(22)32(28)46-16-42)20-6-8-44-30(12-20)34(38,39)40/h1-14H. The van der Waals surface area contributed by atoms with Crippen LogP contribution in [0.2, 0.25) is 0 Å². The third-order valence-electron chi connectivity index (χ3n) is 7.89. The summed E-state index contributed by atoms with van der Waals surface area (Å²) < 4.78 is 80.0. The summed E-state index contributed by atoms with van der Waals surface area (Å²) >= 11 is 0. The molecule has 0 aliphatic carbocycles. The van der Waals surface area contributed by atoms with Gasteiger partial charge in [0, 0.05) is 33.9 Å². The normalized spacial score (nSPS) is 13.2. The van der Waals surface area contributed by atoms with Crippen LogP contribution in [0, 0.1) is 22.9 Å². The van der Waals surface area contributed by atoms with Gasteiger partial charge in [0.2, 0.25) is 12.4 Å². The van der Waals surface area contributed by atoms with E-state index in [1.165, 1.54) is 12.1 Å². The molecule has 0 saturated heterocycles. The van der Waals surface area contributed by atoms with Gasteiger partial charge in [-0.25, -0.2) is 0 Å². The van der Waals surface area contributed by atoms with Crippen LogP contribution in [-0.2, 0) is 12.4 Å². The van der Waals surface area contributed by atoms with E-state index in [1.54, 1.807) is 48.5 Å². The van der Waals surface area contributed by atoms with Crippen LogP contribution in [0.1, 0.15) is 11.4 Å². The minimum absolute atomic E-state index is 0.282. The van der Waals surface area contributed by atoms with Crippen molar-refractivity contribution >= 4 is 43.1 Å². The largest absolute Gasteiger partial charge is 0.433 e. The van der Waals surface area contributed by atoms with E-state index in [-0.39, 0.29) is 11.1 Å². The van der Waals surface area contributed by atoms with Crippen molar-refractivity contribution < 1.29 is 26.3 Å². The Balaban J connectivity index is 1.48. The van der Waals surface area contributed by atoms with Gasteiger partial charge in [0.15, 0.2) is 0 Å². The van der Waals surface area contributed by atoms with Gasteiger partial charge in [-0.2, -0.15) is 46.9 Å². The highest BCUT2D eigenvalue weighted by molar-refractivity contribution is 6.21. The van der Waals surface area contributed by atoms with Gasteiger partial charge in [-0.1, -0.05) is 24.3 Å². The maximum Gasteiger partial charge on any atom is 0.433 e. The van der Waals surface area contributed by atoms with Crippen LogP contribution >= 0.6 is 0 Å². The zero-order chi connectivity index (χ0) is 32.4.